The van der Waals surface area contributed by atoms with Gasteiger partial charge in [-0.1, -0.05) is 88.7 Å². The van der Waals surface area contributed by atoms with Gasteiger partial charge in [0.15, 0.2) is 0 Å². The van der Waals surface area contributed by atoms with Gasteiger partial charge in [0.1, 0.15) is 12.4 Å². The third-order valence-corrected chi connectivity index (χ3v) is 9.49. The molecule has 3 aromatic carbocycles. The highest BCUT2D eigenvalue weighted by molar-refractivity contribution is 7.90. The van der Waals surface area contributed by atoms with Gasteiger partial charge in [0, 0.05) is 22.0 Å². The minimum Gasteiger partial charge on any atom is -0.488 e. The molecule has 0 aliphatic carbocycles. The van der Waals surface area contributed by atoms with Crippen LogP contribution in [0.4, 0.5) is 0 Å². The SMILES string of the molecule is C=C(COc1cc2ccc(Cl)cc2cc1C(N)=O)c1cn(S(=O)(=O)c2c(C)cc(C)cc2C)/c(=C/C(C)CC)c1=C.CC. The van der Waals surface area contributed by atoms with E-state index in [2.05, 4.69) is 13.2 Å². The molecule has 4 aromatic rings. The van der Waals surface area contributed by atoms with E-state index in [0.29, 0.717) is 43.6 Å². The zero-order valence-corrected chi connectivity index (χ0v) is 27.6. The second-order valence-corrected chi connectivity index (χ2v) is 12.8. The van der Waals surface area contributed by atoms with E-state index in [9.17, 15) is 13.2 Å². The van der Waals surface area contributed by atoms with E-state index in [1.807, 2.05) is 58.9 Å². The number of aromatic nitrogens is 1. The van der Waals surface area contributed by atoms with E-state index >= 15 is 0 Å². The molecule has 8 heteroatoms. The number of primary amides is 1. The first kappa shape index (κ1) is 33.7. The number of halogens is 1. The van der Waals surface area contributed by atoms with Crippen molar-refractivity contribution < 1.29 is 17.9 Å². The van der Waals surface area contributed by atoms with Crippen LogP contribution in [0.1, 0.15) is 66.7 Å². The van der Waals surface area contributed by atoms with Gasteiger partial charge in [0.2, 0.25) is 0 Å². The molecule has 1 heterocycles. The van der Waals surface area contributed by atoms with Crippen LogP contribution in [-0.4, -0.2) is 24.9 Å². The number of amides is 1. The smallest absolute Gasteiger partial charge is 0.268 e. The third-order valence-electron chi connectivity index (χ3n) is 7.27. The average molecular weight is 621 g/mol. The van der Waals surface area contributed by atoms with Gasteiger partial charge in [-0.25, -0.2) is 12.4 Å². The number of carbonyl (C=O) groups excluding carboxylic acids is 1. The monoisotopic (exact) mass is 620 g/mol. The first-order valence-corrected chi connectivity index (χ1v) is 16.2. The maximum Gasteiger partial charge on any atom is 0.268 e. The van der Waals surface area contributed by atoms with Gasteiger partial charge in [0.05, 0.1) is 15.8 Å². The Morgan fingerprint density at radius 2 is 1.67 bits per heavy atom. The summed E-state index contributed by atoms with van der Waals surface area (Å²) in [6.45, 7) is 22.0. The summed E-state index contributed by atoms with van der Waals surface area (Å²) in [5.41, 5.74) is 9.26. The van der Waals surface area contributed by atoms with Crippen molar-refractivity contribution in [2.45, 2.75) is 59.8 Å². The molecule has 6 nitrogen and oxygen atoms in total. The molecule has 0 bridgehead atoms. The van der Waals surface area contributed by atoms with Crippen LogP contribution in [0, 0.1) is 26.7 Å². The molecule has 1 unspecified atom stereocenters. The highest BCUT2D eigenvalue weighted by Crippen LogP contribution is 2.29. The second kappa shape index (κ2) is 13.7. The van der Waals surface area contributed by atoms with E-state index in [4.69, 9.17) is 22.1 Å². The van der Waals surface area contributed by atoms with Crippen molar-refractivity contribution in [2.75, 3.05) is 6.61 Å². The summed E-state index contributed by atoms with van der Waals surface area (Å²) in [6, 6.07) is 12.4. The lowest BCUT2D eigenvalue weighted by Gasteiger charge is -2.14. The molecular formula is C35H41ClN2O4S. The lowest BCUT2D eigenvalue weighted by molar-refractivity contribution is 0.0997. The molecule has 0 saturated carbocycles. The average Bonchev–Trinajstić information content (AvgIpc) is 3.27. The van der Waals surface area contributed by atoms with E-state index in [1.54, 1.807) is 44.3 Å². The minimum atomic E-state index is -3.96. The molecule has 0 fully saturated rings. The quantitative estimate of drug-likeness (QED) is 0.220. The summed E-state index contributed by atoms with van der Waals surface area (Å²) in [5, 5.41) is 3.15. The minimum absolute atomic E-state index is 0.0166. The normalized spacial score (nSPS) is 12.5. The van der Waals surface area contributed by atoms with Crippen molar-refractivity contribution in [3.63, 3.8) is 0 Å². The van der Waals surface area contributed by atoms with Gasteiger partial charge in [-0.3, -0.25) is 4.79 Å². The molecule has 0 saturated heterocycles. The highest BCUT2D eigenvalue weighted by atomic mass is 35.5. The molecule has 0 spiro atoms. The Balaban J connectivity index is 0.00000248. The number of aryl methyl sites for hydroxylation is 3. The lowest BCUT2D eigenvalue weighted by atomic mass is 10.1. The van der Waals surface area contributed by atoms with Crippen LogP contribution in [0.5, 0.6) is 5.75 Å². The Bertz CT molecular complexity index is 1900. The van der Waals surface area contributed by atoms with E-state index < -0.39 is 15.9 Å². The molecular weight excluding hydrogens is 580 g/mol. The number of fused-ring (bicyclic) bond motifs is 1. The van der Waals surface area contributed by atoms with Gasteiger partial charge >= 0.3 is 0 Å². The van der Waals surface area contributed by atoms with Crippen LogP contribution in [0.25, 0.3) is 29.0 Å². The van der Waals surface area contributed by atoms with Gasteiger partial charge in [-0.05, 0) is 78.4 Å². The summed E-state index contributed by atoms with van der Waals surface area (Å²) in [7, 11) is -3.96. The second-order valence-electron chi connectivity index (χ2n) is 10.6. The van der Waals surface area contributed by atoms with Gasteiger partial charge in [-0.15, -0.1) is 0 Å². The number of benzene rings is 3. The molecule has 228 valence electrons. The summed E-state index contributed by atoms with van der Waals surface area (Å²) in [6.07, 6.45) is 4.32. The maximum absolute atomic E-state index is 14.1. The van der Waals surface area contributed by atoms with Crippen molar-refractivity contribution in [3.8, 4) is 5.75 Å². The standard InChI is InChI=1S/C33H35ClN2O4S.C2H6/c1-8-19(2)13-30-24(7)29(17-36(30)41(38,39)32-21(4)11-20(3)12-22(32)5)23(6)18-40-31-16-25-9-10-27(34)14-26(25)15-28(31)33(35)37;1-2/h9-17,19H,6-8,18H2,1-5H3,(H2,35,37);1-2H3/b30-13+;. The van der Waals surface area contributed by atoms with Crippen LogP contribution in [0.2, 0.25) is 5.02 Å². The summed E-state index contributed by atoms with van der Waals surface area (Å²) >= 11 is 6.11. The number of nitrogens with zero attached hydrogens (tertiary/aromatic N) is 1. The summed E-state index contributed by atoms with van der Waals surface area (Å²) in [5.74, 6) is -0.235. The summed E-state index contributed by atoms with van der Waals surface area (Å²) in [4.78, 5) is 12.5. The van der Waals surface area contributed by atoms with Crippen LogP contribution < -0.4 is 21.0 Å². The first-order valence-electron chi connectivity index (χ1n) is 14.3. The largest absolute Gasteiger partial charge is 0.488 e. The van der Waals surface area contributed by atoms with E-state index in [1.165, 1.54) is 3.97 Å². The predicted octanol–water partition coefficient (Wildman–Crippen LogP) is 6.91. The van der Waals surface area contributed by atoms with Crippen molar-refractivity contribution >= 4 is 56.5 Å². The van der Waals surface area contributed by atoms with Gasteiger partial charge < -0.3 is 10.5 Å². The van der Waals surface area contributed by atoms with Crippen molar-refractivity contribution in [1.29, 1.82) is 0 Å². The van der Waals surface area contributed by atoms with Crippen molar-refractivity contribution in [1.82, 2.24) is 3.97 Å². The molecule has 43 heavy (non-hydrogen) atoms. The number of carbonyl (C=O) groups is 1. The Hall–Kier alpha value is -3.81. The number of ether oxygens (including phenoxy) is 1. The summed E-state index contributed by atoms with van der Waals surface area (Å²) < 4.78 is 35.6. The molecule has 1 aromatic heterocycles. The first-order chi connectivity index (χ1) is 20.2. The predicted molar refractivity (Wildman–Crippen MR) is 180 cm³/mol. The molecule has 0 radical (unpaired) electrons. The Morgan fingerprint density at radius 1 is 1.05 bits per heavy atom. The molecule has 1 amide bonds. The molecule has 1 atom stereocenters. The lowest BCUT2D eigenvalue weighted by Crippen LogP contribution is -2.34. The molecule has 0 aliphatic heterocycles. The Morgan fingerprint density at radius 3 is 2.26 bits per heavy atom. The fraction of sp³-hybridized carbons (Fsp3) is 0.286. The van der Waals surface area contributed by atoms with Crippen LogP contribution in [-0.2, 0) is 10.0 Å². The third kappa shape index (κ3) is 7.06. The number of hydrogen-bond donors (Lipinski definition) is 1. The fourth-order valence-electron chi connectivity index (χ4n) is 5.07. The molecule has 2 N–H and O–H groups in total. The van der Waals surface area contributed by atoms with E-state index in [-0.39, 0.29) is 23.0 Å². The number of nitrogens with two attached hydrogens (primary N) is 1. The molecule has 4 rings (SSSR count). The van der Waals surface area contributed by atoms with Crippen LogP contribution in [0.3, 0.4) is 0 Å². The number of hydrogen-bond acceptors (Lipinski definition) is 4. The van der Waals surface area contributed by atoms with Crippen LogP contribution >= 0.6 is 11.6 Å². The van der Waals surface area contributed by atoms with Crippen molar-refractivity contribution in [2.24, 2.45) is 11.7 Å². The van der Waals surface area contributed by atoms with E-state index in [0.717, 1.165) is 22.8 Å². The maximum atomic E-state index is 14.1. The Labute approximate surface area is 260 Å². The van der Waals surface area contributed by atoms with Gasteiger partial charge in [-0.2, -0.15) is 0 Å². The zero-order valence-electron chi connectivity index (χ0n) is 26.0. The van der Waals surface area contributed by atoms with Gasteiger partial charge in [0.25, 0.3) is 15.9 Å². The van der Waals surface area contributed by atoms with Crippen molar-refractivity contribution in [3.05, 3.63) is 98.6 Å². The highest BCUT2D eigenvalue weighted by Gasteiger charge is 2.25. The van der Waals surface area contributed by atoms with Crippen LogP contribution in [0.15, 0.2) is 60.1 Å². The topological polar surface area (TPSA) is 91.4 Å². The zero-order chi connectivity index (χ0) is 32.2. The molecule has 0 aliphatic rings. The Kier molecular flexibility index (Phi) is 10.7. The fourth-order valence-corrected chi connectivity index (χ4v) is 7.06. The number of rotatable bonds is 9.